The number of hydrogen-bond donors (Lipinski definition) is 2. The lowest BCUT2D eigenvalue weighted by Gasteiger charge is -2.34. The van der Waals surface area contributed by atoms with E-state index in [9.17, 15) is 19.4 Å². The van der Waals surface area contributed by atoms with Crippen LogP contribution in [0.1, 0.15) is 71.9 Å². The zero-order valence-electron chi connectivity index (χ0n) is 25.0. The first-order valence-electron chi connectivity index (χ1n) is 15.3. The Morgan fingerprint density at radius 3 is 2.61 bits per heavy atom. The number of ether oxygens (including phenoxy) is 1. The average Bonchev–Trinajstić information content (AvgIpc) is 3.24. The molecule has 0 aliphatic carbocycles. The minimum absolute atomic E-state index is 0.206. The molecule has 6 rings (SSSR count). The molecule has 0 radical (unpaired) electrons. The molecular formula is C34H38ClFN4O4. The van der Waals surface area contributed by atoms with Crippen LogP contribution >= 0.6 is 11.6 Å². The summed E-state index contributed by atoms with van der Waals surface area (Å²) in [7, 11) is 2.08. The molecule has 1 saturated heterocycles. The zero-order chi connectivity index (χ0) is 31.0. The molecule has 2 aliphatic heterocycles. The van der Waals surface area contributed by atoms with E-state index >= 15 is 0 Å². The lowest BCUT2D eigenvalue weighted by atomic mass is 9.87. The van der Waals surface area contributed by atoms with E-state index in [1.165, 1.54) is 11.6 Å². The summed E-state index contributed by atoms with van der Waals surface area (Å²) in [6, 6.07) is 15.9. The lowest BCUT2D eigenvalue weighted by molar-refractivity contribution is 0.0697. The lowest BCUT2D eigenvalue weighted by Crippen LogP contribution is -2.34. The van der Waals surface area contributed by atoms with Crippen LogP contribution in [0.4, 0.5) is 10.1 Å². The van der Waals surface area contributed by atoms with Gasteiger partial charge in [-0.1, -0.05) is 36.7 Å². The molecule has 0 spiro atoms. The number of likely N-dealkylation sites (tertiary alicyclic amines) is 1. The average molecular weight is 621 g/mol. The van der Waals surface area contributed by atoms with Gasteiger partial charge in [0, 0.05) is 30.6 Å². The summed E-state index contributed by atoms with van der Waals surface area (Å²) < 4.78 is 23.2. The first-order valence-corrected chi connectivity index (χ1v) is 15.7. The van der Waals surface area contributed by atoms with E-state index in [2.05, 4.69) is 22.9 Å². The second-order valence-corrected chi connectivity index (χ2v) is 12.4. The number of aliphatic hydroxyl groups is 1. The molecular weight excluding hydrogens is 583 g/mol. The van der Waals surface area contributed by atoms with E-state index in [4.69, 9.17) is 21.3 Å². The summed E-state index contributed by atoms with van der Waals surface area (Å²) in [4.78, 5) is 21.1. The topological polar surface area (TPSA) is 91.1 Å². The molecule has 1 aromatic heterocycles. The van der Waals surface area contributed by atoms with Gasteiger partial charge < -0.3 is 24.4 Å². The molecule has 0 saturated carbocycles. The summed E-state index contributed by atoms with van der Waals surface area (Å²) in [5.74, 6) is 0.609. The first kappa shape index (κ1) is 30.4. The third-order valence-electron chi connectivity index (χ3n) is 9.05. The molecule has 3 heterocycles. The highest BCUT2D eigenvalue weighted by Crippen LogP contribution is 2.44. The molecule has 10 heteroatoms. The minimum Gasteiger partial charge on any atom is -0.483 e. The van der Waals surface area contributed by atoms with Gasteiger partial charge in [-0.3, -0.25) is 4.90 Å². The predicted molar refractivity (Wildman–Crippen MR) is 169 cm³/mol. The quantitative estimate of drug-likeness (QED) is 0.228. The maximum Gasteiger partial charge on any atom is 0.335 e. The van der Waals surface area contributed by atoms with Gasteiger partial charge in [0.1, 0.15) is 23.5 Å². The molecule has 8 nitrogen and oxygen atoms in total. The molecule has 2 aliphatic rings. The Labute approximate surface area is 261 Å². The fourth-order valence-corrected chi connectivity index (χ4v) is 6.72. The number of aromatic nitrogens is 2. The van der Waals surface area contributed by atoms with Crippen LogP contribution in [-0.4, -0.2) is 63.4 Å². The van der Waals surface area contributed by atoms with Crippen molar-refractivity contribution < 1.29 is 24.1 Å². The predicted octanol–water partition coefficient (Wildman–Crippen LogP) is 6.64. The number of fused-ring (bicyclic) bond motifs is 2. The fraction of sp³-hybridized carbons (Fsp3) is 0.412. The van der Waals surface area contributed by atoms with E-state index in [1.54, 1.807) is 30.3 Å². The van der Waals surface area contributed by atoms with Crippen molar-refractivity contribution >= 4 is 34.3 Å². The van der Waals surface area contributed by atoms with Gasteiger partial charge in [-0.25, -0.2) is 14.2 Å². The molecule has 4 aromatic rings. The van der Waals surface area contributed by atoms with Crippen molar-refractivity contribution in [3.05, 3.63) is 88.0 Å². The highest BCUT2D eigenvalue weighted by atomic mass is 35.5. The summed E-state index contributed by atoms with van der Waals surface area (Å²) in [5, 5.41) is 20.4. The third kappa shape index (κ3) is 6.14. The van der Waals surface area contributed by atoms with Crippen molar-refractivity contribution in [3.8, 4) is 5.75 Å². The molecule has 2 N–H and O–H groups in total. The summed E-state index contributed by atoms with van der Waals surface area (Å²) in [5.41, 5.74) is 4.52. The number of benzene rings is 3. The Kier molecular flexibility index (Phi) is 8.80. The van der Waals surface area contributed by atoms with E-state index in [1.807, 2.05) is 23.6 Å². The number of aliphatic hydroxyl groups excluding tert-OH is 1. The SMILES string of the molecule is CC[C@H](O)Cn1c(CN2CCC(c3cccc4c3N(C)CCC(c3ccc(Cl)cc3F)O4)CC2)nc2ccc(C(=O)O)cc21. The van der Waals surface area contributed by atoms with E-state index < -0.39 is 18.2 Å². The van der Waals surface area contributed by atoms with Crippen molar-refractivity contribution in [2.75, 3.05) is 31.6 Å². The molecule has 44 heavy (non-hydrogen) atoms. The fourth-order valence-electron chi connectivity index (χ4n) is 6.56. The molecule has 3 aromatic carbocycles. The molecule has 0 bridgehead atoms. The van der Waals surface area contributed by atoms with Gasteiger partial charge in [0.15, 0.2) is 0 Å². The van der Waals surface area contributed by atoms with Crippen LogP contribution in [0.25, 0.3) is 11.0 Å². The van der Waals surface area contributed by atoms with Crippen LogP contribution < -0.4 is 9.64 Å². The summed E-state index contributed by atoms with van der Waals surface area (Å²) in [6.45, 7) is 5.39. The van der Waals surface area contributed by atoms with Crippen LogP contribution in [0.3, 0.4) is 0 Å². The van der Waals surface area contributed by atoms with Gasteiger partial charge in [0.25, 0.3) is 0 Å². The highest BCUT2D eigenvalue weighted by Gasteiger charge is 2.30. The monoisotopic (exact) mass is 620 g/mol. The Hall–Kier alpha value is -3.66. The summed E-state index contributed by atoms with van der Waals surface area (Å²) in [6.07, 6.45) is 2.22. The van der Waals surface area contributed by atoms with Crippen molar-refractivity contribution in [3.63, 3.8) is 0 Å². The van der Waals surface area contributed by atoms with Gasteiger partial charge >= 0.3 is 5.97 Å². The van der Waals surface area contributed by atoms with Gasteiger partial charge in [-0.15, -0.1) is 0 Å². The Bertz CT molecular complexity index is 1670. The number of piperidine rings is 1. The Balaban J connectivity index is 1.20. The second kappa shape index (κ2) is 12.8. The zero-order valence-corrected chi connectivity index (χ0v) is 25.8. The van der Waals surface area contributed by atoms with E-state index in [0.717, 1.165) is 60.8 Å². The van der Waals surface area contributed by atoms with Crippen molar-refractivity contribution in [1.29, 1.82) is 0 Å². The van der Waals surface area contributed by atoms with Crippen LogP contribution in [0.2, 0.25) is 5.02 Å². The molecule has 1 unspecified atom stereocenters. The maximum atomic E-state index is 14.8. The number of hydrogen-bond acceptors (Lipinski definition) is 6. The summed E-state index contributed by atoms with van der Waals surface area (Å²) >= 11 is 6.00. The van der Waals surface area contributed by atoms with Crippen molar-refractivity contribution in [2.45, 2.75) is 63.8 Å². The highest BCUT2D eigenvalue weighted by molar-refractivity contribution is 6.30. The normalized spacial score (nSPS) is 18.6. The first-order chi connectivity index (χ1) is 21.2. The number of imidazole rings is 1. The number of para-hydroxylation sites is 1. The van der Waals surface area contributed by atoms with Crippen molar-refractivity contribution in [1.82, 2.24) is 14.5 Å². The smallest absolute Gasteiger partial charge is 0.335 e. The Morgan fingerprint density at radius 1 is 1.09 bits per heavy atom. The van der Waals surface area contributed by atoms with Gasteiger partial charge in [0.05, 0.1) is 41.5 Å². The third-order valence-corrected chi connectivity index (χ3v) is 9.28. The standard InChI is InChI=1S/C34H38ClFN4O4/c1-3-24(41)19-40-29-17-22(34(42)43)7-10-28(29)37-32(40)20-39-15-11-21(12-16-39)25-5-4-6-31-33(25)38(2)14-13-30(44-31)26-9-8-23(35)18-27(26)36/h4-10,17-18,21,24,30,41H,3,11-16,19-20H2,1-2H3,(H,42,43)/t24-,30?/m0/s1. The number of carbonyl (C=O) groups is 1. The Morgan fingerprint density at radius 2 is 1.89 bits per heavy atom. The number of anilines is 1. The number of carboxylic acid groups (broad SMARTS) is 1. The largest absolute Gasteiger partial charge is 0.483 e. The number of halogens is 2. The van der Waals surface area contributed by atoms with Crippen LogP contribution in [0.15, 0.2) is 54.6 Å². The second-order valence-electron chi connectivity index (χ2n) is 11.9. The molecule has 1 fully saturated rings. The van der Waals surface area contributed by atoms with Crippen LogP contribution in [-0.2, 0) is 13.1 Å². The number of rotatable bonds is 8. The maximum absolute atomic E-state index is 14.8. The number of nitrogens with zero attached hydrogens (tertiary/aromatic N) is 4. The minimum atomic E-state index is -0.984. The van der Waals surface area contributed by atoms with E-state index in [-0.39, 0.29) is 11.4 Å². The number of aromatic carboxylic acids is 1. The van der Waals surface area contributed by atoms with Crippen LogP contribution in [0.5, 0.6) is 5.75 Å². The van der Waals surface area contributed by atoms with Crippen molar-refractivity contribution in [2.24, 2.45) is 0 Å². The van der Waals surface area contributed by atoms with E-state index in [0.29, 0.717) is 42.4 Å². The van der Waals surface area contributed by atoms with Gasteiger partial charge in [-0.05, 0) is 80.2 Å². The molecule has 0 amide bonds. The van der Waals surface area contributed by atoms with Gasteiger partial charge in [0.2, 0.25) is 0 Å². The van der Waals surface area contributed by atoms with Crippen LogP contribution in [0, 0.1) is 5.82 Å². The molecule has 232 valence electrons. The molecule has 2 atom stereocenters. The van der Waals surface area contributed by atoms with Gasteiger partial charge in [-0.2, -0.15) is 0 Å². The number of carboxylic acids is 1.